The molecule has 0 aromatic carbocycles. The normalized spacial score (nSPS) is 15.4. The Labute approximate surface area is 95.4 Å². The second-order valence-electron chi connectivity index (χ2n) is 3.59. The molecule has 2 aromatic heterocycles. The van der Waals surface area contributed by atoms with Crippen molar-refractivity contribution in [2.75, 3.05) is 0 Å². The van der Waals surface area contributed by atoms with Gasteiger partial charge in [-0.3, -0.25) is 15.0 Å². The standard InChI is InChI=1S/C11H8N4O2/c16-10-9(14-11(17)15-10)3-6-4-13-8-1-2-12-5-7(6)8/h1-5,16H,(H2,14,15,17)/b6-3+. The predicted molar refractivity (Wildman–Crippen MR) is 63.3 cm³/mol. The molecule has 0 amide bonds. The summed E-state index contributed by atoms with van der Waals surface area (Å²) in [5.74, 6) is -0.187. The SMILES string of the molecule is O=c1[nH]c(O)c(/C=C2\C=Nc3ccncc32)[nH]1. The summed E-state index contributed by atoms with van der Waals surface area (Å²) in [6.07, 6.45) is 6.66. The number of hydrogen-bond acceptors (Lipinski definition) is 4. The highest BCUT2D eigenvalue weighted by atomic mass is 16.3. The van der Waals surface area contributed by atoms with Gasteiger partial charge in [-0.2, -0.15) is 0 Å². The van der Waals surface area contributed by atoms with Gasteiger partial charge in [0.1, 0.15) is 5.69 Å². The van der Waals surface area contributed by atoms with Crippen molar-refractivity contribution in [1.82, 2.24) is 15.0 Å². The van der Waals surface area contributed by atoms with Crippen molar-refractivity contribution in [1.29, 1.82) is 0 Å². The van der Waals surface area contributed by atoms with Crippen molar-refractivity contribution in [3.05, 3.63) is 40.2 Å². The van der Waals surface area contributed by atoms with Gasteiger partial charge in [0.2, 0.25) is 5.88 Å². The fraction of sp³-hybridized carbons (Fsp3) is 0. The molecule has 3 N–H and O–H groups in total. The molecule has 1 aliphatic rings. The van der Waals surface area contributed by atoms with E-state index in [0.29, 0.717) is 5.69 Å². The summed E-state index contributed by atoms with van der Waals surface area (Å²) < 4.78 is 0. The van der Waals surface area contributed by atoms with Gasteiger partial charge < -0.3 is 10.1 Å². The first-order valence-corrected chi connectivity index (χ1v) is 4.95. The summed E-state index contributed by atoms with van der Waals surface area (Å²) >= 11 is 0. The summed E-state index contributed by atoms with van der Waals surface area (Å²) in [5, 5.41) is 9.45. The zero-order chi connectivity index (χ0) is 11.8. The average molecular weight is 228 g/mol. The van der Waals surface area contributed by atoms with Gasteiger partial charge in [-0.1, -0.05) is 0 Å². The van der Waals surface area contributed by atoms with Crippen molar-refractivity contribution in [3.8, 4) is 5.88 Å². The molecule has 0 saturated carbocycles. The molecule has 0 spiro atoms. The smallest absolute Gasteiger partial charge is 0.326 e. The maximum Gasteiger partial charge on any atom is 0.326 e. The van der Waals surface area contributed by atoms with Crippen LogP contribution >= 0.6 is 0 Å². The first-order valence-electron chi connectivity index (χ1n) is 4.95. The summed E-state index contributed by atoms with van der Waals surface area (Å²) in [6.45, 7) is 0. The van der Waals surface area contributed by atoms with Crippen LogP contribution < -0.4 is 5.69 Å². The number of nitrogens with one attached hydrogen (secondary N) is 2. The monoisotopic (exact) mass is 228 g/mol. The van der Waals surface area contributed by atoms with Crippen LogP contribution in [0, 0.1) is 0 Å². The number of aromatic amines is 2. The Morgan fingerprint density at radius 2 is 2.24 bits per heavy atom. The minimum absolute atomic E-state index is 0.187. The maximum atomic E-state index is 11.0. The summed E-state index contributed by atoms with van der Waals surface area (Å²) in [7, 11) is 0. The molecule has 0 saturated heterocycles. The van der Waals surface area contributed by atoms with Crippen molar-refractivity contribution < 1.29 is 5.11 Å². The van der Waals surface area contributed by atoms with E-state index in [1.165, 1.54) is 0 Å². The Morgan fingerprint density at radius 3 is 3.00 bits per heavy atom. The first-order chi connectivity index (χ1) is 8.24. The molecule has 0 atom stereocenters. The van der Waals surface area contributed by atoms with E-state index in [4.69, 9.17) is 0 Å². The highest BCUT2D eigenvalue weighted by Gasteiger charge is 2.13. The number of H-pyrrole nitrogens is 2. The Morgan fingerprint density at radius 1 is 1.35 bits per heavy atom. The second kappa shape index (κ2) is 3.44. The first kappa shape index (κ1) is 9.59. The number of aromatic nitrogens is 3. The molecule has 3 rings (SSSR count). The average Bonchev–Trinajstić information content (AvgIpc) is 2.85. The molecule has 17 heavy (non-hydrogen) atoms. The van der Waals surface area contributed by atoms with E-state index >= 15 is 0 Å². The van der Waals surface area contributed by atoms with E-state index in [9.17, 15) is 9.90 Å². The third kappa shape index (κ3) is 1.55. The van der Waals surface area contributed by atoms with Crippen LogP contribution in [0.5, 0.6) is 5.88 Å². The lowest BCUT2D eigenvalue weighted by molar-refractivity contribution is 0.454. The largest absolute Gasteiger partial charge is 0.493 e. The molecule has 3 heterocycles. The highest BCUT2D eigenvalue weighted by molar-refractivity contribution is 6.21. The molecule has 1 aliphatic heterocycles. The van der Waals surface area contributed by atoms with Crippen molar-refractivity contribution in [3.63, 3.8) is 0 Å². The van der Waals surface area contributed by atoms with E-state index in [1.807, 2.05) is 0 Å². The molecule has 0 bridgehead atoms. The number of allylic oxidation sites excluding steroid dienone is 1. The molecule has 6 nitrogen and oxygen atoms in total. The zero-order valence-corrected chi connectivity index (χ0v) is 8.64. The molecule has 0 unspecified atom stereocenters. The predicted octanol–water partition coefficient (Wildman–Crippen LogP) is 1.06. The fourth-order valence-electron chi connectivity index (χ4n) is 1.69. The number of fused-ring (bicyclic) bond motifs is 1. The van der Waals surface area contributed by atoms with Gasteiger partial charge >= 0.3 is 5.69 Å². The van der Waals surface area contributed by atoms with Crippen LogP contribution in [0.4, 0.5) is 5.69 Å². The number of pyridine rings is 1. The number of nitrogens with zero attached hydrogens (tertiary/aromatic N) is 2. The molecular formula is C11H8N4O2. The minimum atomic E-state index is -0.448. The van der Waals surface area contributed by atoms with Crippen LogP contribution in [0.1, 0.15) is 11.3 Å². The number of rotatable bonds is 1. The Hall–Kier alpha value is -2.63. The van der Waals surface area contributed by atoms with Gasteiger partial charge in [0.15, 0.2) is 0 Å². The summed E-state index contributed by atoms with van der Waals surface area (Å²) in [4.78, 5) is 23.9. The molecule has 84 valence electrons. The van der Waals surface area contributed by atoms with Gasteiger partial charge in [-0.05, 0) is 12.1 Å². The van der Waals surface area contributed by atoms with Crippen LogP contribution in [0.15, 0.2) is 28.2 Å². The minimum Gasteiger partial charge on any atom is -0.493 e. The van der Waals surface area contributed by atoms with Crippen LogP contribution in [0.3, 0.4) is 0 Å². The van der Waals surface area contributed by atoms with E-state index in [1.54, 1.807) is 30.8 Å². The van der Waals surface area contributed by atoms with E-state index in [-0.39, 0.29) is 5.88 Å². The lowest BCUT2D eigenvalue weighted by atomic mass is 10.1. The topological polar surface area (TPSA) is 94.1 Å². The number of imidazole rings is 1. The Bertz CT molecular complexity index is 693. The fourth-order valence-corrected chi connectivity index (χ4v) is 1.69. The molecule has 2 aromatic rings. The van der Waals surface area contributed by atoms with E-state index in [0.717, 1.165) is 16.8 Å². The second-order valence-corrected chi connectivity index (χ2v) is 3.59. The molecule has 0 fully saturated rings. The van der Waals surface area contributed by atoms with Crippen molar-refractivity contribution in [2.45, 2.75) is 0 Å². The molecule has 0 radical (unpaired) electrons. The quantitative estimate of drug-likeness (QED) is 0.681. The molecule has 6 heteroatoms. The highest BCUT2D eigenvalue weighted by Crippen LogP contribution is 2.31. The van der Waals surface area contributed by atoms with Crippen LogP contribution in [0.25, 0.3) is 11.6 Å². The van der Waals surface area contributed by atoms with Crippen molar-refractivity contribution in [2.24, 2.45) is 4.99 Å². The third-order valence-corrected chi connectivity index (χ3v) is 2.49. The van der Waals surface area contributed by atoms with Gasteiger partial charge in [0.05, 0.1) is 5.69 Å². The Balaban J connectivity index is 2.11. The molecule has 0 aliphatic carbocycles. The zero-order valence-electron chi connectivity index (χ0n) is 8.64. The number of aliphatic imine (C=N–C) groups is 1. The lowest BCUT2D eigenvalue weighted by Gasteiger charge is -1.97. The van der Waals surface area contributed by atoms with Gasteiger partial charge in [-0.25, -0.2) is 4.79 Å². The van der Waals surface area contributed by atoms with E-state index < -0.39 is 5.69 Å². The summed E-state index contributed by atoms with van der Waals surface area (Å²) in [5.41, 5.74) is 2.36. The third-order valence-electron chi connectivity index (χ3n) is 2.49. The van der Waals surface area contributed by atoms with Gasteiger partial charge in [0, 0.05) is 29.7 Å². The van der Waals surface area contributed by atoms with Crippen LogP contribution in [-0.2, 0) is 0 Å². The van der Waals surface area contributed by atoms with Gasteiger partial charge in [-0.15, -0.1) is 0 Å². The van der Waals surface area contributed by atoms with Crippen LogP contribution in [-0.4, -0.2) is 26.3 Å². The lowest BCUT2D eigenvalue weighted by Crippen LogP contribution is -2.00. The maximum absolute atomic E-state index is 11.0. The van der Waals surface area contributed by atoms with Crippen LogP contribution in [0.2, 0.25) is 0 Å². The van der Waals surface area contributed by atoms with Crippen molar-refractivity contribution >= 4 is 23.6 Å². The number of hydrogen-bond donors (Lipinski definition) is 3. The molecular weight excluding hydrogens is 220 g/mol. The number of aromatic hydroxyl groups is 1. The van der Waals surface area contributed by atoms with E-state index in [2.05, 4.69) is 19.9 Å². The summed E-state index contributed by atoms with van der Waals surface area (Å²) in [6, 6.07) is 1.80. The Kier molecular flexibility index (Phi) is 1.94. The van der Waals surface area contributed by atoms with Gasteiger partial charge in [0.25, 0.3) is 0 Å².